The van der Waals surface area contributed by atoms with Crippen molar-refractivity contribution in [2.75, 3.05) is 39.6 Å². The van der Waals surface area contributed by atoms with Crippen LogP contribution in [-0.2, 0) is 65.4 Å². The van der Waals surface area contributed by atoms with Gasteiger partial charge in [-0.2, -0.15) is 0 Å². The number of hydrogen-bond donors (Lipinski definition) is 3. The number of unbranched alkanes of at least 4 members (excludes halogenated alkanes) is 42. The van der Waals surface area contributed by atoms with Gasteiger partial charge in [0.25, 0.3) is 0 Å². The molecule has 0 saturated carbocycles. The summed E-state index contributed by atoms with van der Waals surface area (Å²) in [6.45, 7) is 7.19. The molecule has 89 heavy (non-hydrogen) atoms. The number of phosphoric ester groups is 2. The molecule has 0 aliphatic heterocycles. The van der Waals surface area contributed by atoms with Gasteiger partial charge in [0, 0.05) is 25.7 Å². The second-order valence-corrected chi connectivity index (χ2v) is 28.7. The summed E-state index contributed by atoms with van der Waals surface area (Å²) in [6.07, 6.45) is 50.1. The van der Waals surface area contributed by atoms with E-state index < -0.39 is 97.5 Å². The van der Waals surface area contributed by atoms with Crippen molar-refractivity contribution in [3.8, 4) is 0 Å². The fourth-order valence-electron chi connectivity index (χ4n) is 10.6. The molecule has 0 radical (unpaired) electrons. The maximum absolute atomic E-state index is 13.0. The van der Waals surface area contributed by atoms with Gasteiger partial charge >= 0.3 is 39.5 Å². The molecule has 19 heteroatoms. The minimum atomic E-state index is -4.95. The Balaban J connectivity index is 5.18. The summed E-state index contributed by atoms with van der Waals surface area (Å²) in [5.41, 5.74) is 0. The number of carbonyl (C=O) groups is 4. The zero-order chi connectivity index (χ0) is 65.6. The standard InChI is InChI=1S/C70H136O17P2/c1-6-9-12-15-18-21-23-24-25-26-27-28-29-30-31-35-41-46-51-56-70(75)87-66(60-81-68(73)54-49-44-39-36-32-33-37-42-47-52-63(4)5)62-85-89(78,79)83-58-64(71)57-82-88(76,77)84-61-65(59-80-67(72)53-48-43-38-20-17-14-11-8-3)86-69(74)55-50-45-40-34-22-19-16-13-10-7-2/h63-66,71H,6-62H2,1-5H3,(H,76,77)(H,78,79)/t64-,65+,66+/m0/s1. The molecule has 0 bridgehead atoms. The third kappa shape index (κ3) is 64.6. The summed E-state index contributed by atoms with van der Waals surface area (Å²) in [6, 6.07) is 0. The van der Waals surface area contributed by atoms with E-state index in [-0.39, 0.29) is 25.7 Å². The van der Waals surface area contributed by atoms with Crippen molar-refractivity contribution >= 4 is 39.5 Å². The molecular weight excluding hydrogens is 1170 g/mol. The van der Waals surface area contributed by atoms with Gasteiger partial charge in [-0.25, -0.2) is 9.13 Å². The highest BCUT2D eigenvalue weighted by Gasteiger charge is 2.30. The molecule has 0 fully saturated rings. The molecule has 0 rings (SSSR count). The molecule has 3 N–H and O–H groups in total. The first-order valence-corrected chi connectivity index (χ1v) is 39.6. The molecule has 2 unspecified atom stereocenters. The first kappa shape index (κ1) is 87.1. The Kier molecular flexibility index (Phi) is 62.1. The zero-order valence-electron chi connectivity index (χ0n) is 57.6. The molecule has 0 spiro atoms. The smallest absolute Gasteiger partial charge is 0.462 e. The van der Waals surface area contributed by atoms with Crippen molar-refractivity contribution in [2.45, 2.75) is 380 Å². The fraction of sp³-hybridized carbons (Fsp3) is 0.943. The Bertz CT molecular complexity index is 1720. The van der Waals surface area contributed by atoms with Crippen molar-refractivity contribution < 1.29 is 80.2 Å². The molecule has 5 atom stereocenters. The van der Waals surface area contributed by atoms with Gasteiger partial charge in [0.2, 0.25) is 0 Å². The maximum atomic E-state index is 13.0. The summed E-state index contributed by atoms with van der Waals surface area (Å²) < 4.78 is 68.2. The van der Waals surface area contributed by atoms with Crippen molar-refractivity contribution in [1.82, 2.24) is 0 Å². The second kappa shape index (κ2) is 63.5. The highest BCUT2D eigenvalue weighted by atomic mass is 31.2. The lowest BCUT2D eigenvalue weighted by atomic mass is 10.0. The number of aliphatic hydroxyl groups is 1. The number of hydrogen-bond acceptors (Lipinski definition) is 15. The van der Waals surface area contributed by atoms with Gasteiger partial charge in [-0.3, -0.25) is 37.3 Å². The molecule has 0 amide bonds. The minimum absolute atomic E-state index is 0.106. The van der Waals surface area contributed by atoms with E-state index in [4.69, 9.17) is 37.0 Å². The van der Waals surface area contributed by atoms with Crippen LogP contribution in [0.25, 0.3) is 0 Å². The molecule has 17 nitrogen and oxygen atoms in total. The Morgan fingerprint density at radius 3 is 0.764 bits per heavy atom. The lowest BCUT2D eigenvalue weighted by Crippen LogP contribution is -2.30. The third-order valence-electron chi connectivity index (χ3n) is 16.3. The Labute approximate surface area is 543 Å². The largest absolute Gasteiger partial charge is 0.472 e. The van der Waals surface area contributed by atoms with E-state index in [1.807, 2.05) is 0 Å². The summed E-state index contributed by atoms with van der Waals surface area (Å²) in [4.78, 5) is 72.4. The van der Waals surface area contributed by atoms with Crippen molar-refractivity contribution in [3.63, 3.8) is 0 Å². The molecular formula is C70H136O17P2. The number of phosphoric acid groups is 2. The van der Waals surface area contributed by atoms with Crippen LogP contribution in [0, 0.1) is 5.92 Å². The number of aliphatic hydroxyl groups excluding tert-OH is 1. The molecule has 0 saturated heterocycles. The molecule has 0 aliphatic carbocycles. The third-order valence-corrected chi connectivity index (χ3v) is 18.2. The molecule has 0 aromatic heterocycles. The van der Waals surface area contributed by atoms with E-state index in [1.54, 1.807) is 0 Å². The van der Waals surface area contributed by atoms with E-state index in [0.717, 1.165) is 102 Å². The number of esters is 4. The normalized spacial score (nSPS) is 14.1. The van der Waals surface area contributed by atoms with Gasteiger partial charge in [0.15, 0.2) is 12.2 Å². The van der Waals surface area contributed by atoms with Gasteiger partial charge < -0.3 is 33.8 Å². The van der Waals surface area contributed by atoms with Crippen LogP contribution in [0.3, 0.4) is 0 Å². The average Bonchev–Trinajstić information content (AvgIpc) is 3.58. The Hall–Kier alpha value is -1.94. The van der Waals surface area contributed by atoms with Crippen LogP contribution in [0.2, 0.25) is 0 Å². The van der Waals surface area contributed by atoms with E-state index in [1.165, 1.54) is 180 Å². The molecule has 528 valence electrons. The predicted molar refractivity (Wildman–Crippen MR) is 358 cm³/mol. The highest BCUT2D eigenvalue weighted by molar-refractivity contribution is 7.47. The topological polar surface area (TPSA) is 237 Å². The SMILES string of the molecule is CCCCCCCCCCCCCCCCCCCCCC(=O)O[C@H](COC(=O)CCCCCCCCCCCC(C)C)COP(=O)(O)OC[C@@H](O)COP(=O)(O)OC[C@@H](COC(=O)CCCCCCCCCC)OC(=O)CCCCCCCCCCCC. The van der Waals surface area contributed by atoms with Crippen LogP contribution in [0.4, 0.5) is 0 Å². The number of carbonyl (C=O) groups excluding carboxylic acids is 4. The number of rotatable bonds is 70. The van der Waals surface area contributed by atoms with E-state index >= 15 is 0 Å². The second-order valence-electron chi connectivity index (χ2n) is 25.7. The van der Waals surface area contributed by atoms with Crippen LogP contribution in [0.1, 0.15) is 362 Å². The number of ether oxygens (including phenoxy) is 4. The first-order chi connectivity index (χ1) is 43.0. The van der Waals surface area contributed by atoms with Gasteiger partial charge in [-0.15, -0.1) is 0 Å². The maximum Gasteiger partial charge on any atom is 0.472 e. The zero-order valence-corrected chi connectivity index (χ0v) is 59.4. The van der Waals surface area contributed by atoms with Gasteiger partial charge in [0.05, 0.1) is 26.4 Å². The molecule has 0 aromatic rings. The molecule has 0 aromatic carbocycles. The fourth-order valence-corrected chi connectivity index (χ4v) is 12.2. The molecule has 0 aliphatic rings. The monoisotopic (exact) mass is 1310 g/mol. The summed E-state index contributed by atoms with van der Waals surface area (Å²) in [7, 11) is -9.89. The van der Waals surface area contributed by atoms with Gasteiger partial charge in [-0.1, -0.05) is 311 Å². The Morgan fingerprint density at radius 1 is 0.303 bits per heavy atom. The first-order valence-electron chi connectivity index (χ1n) is 36.6. The summed E-state index contributed by atoms with van der Waals surface area (Å²) in [5, 5.41) is 10.6. The van der Waals surface area contributed by atoms with Crippen LogP contribution in [0.5, 0.6) is 0 Å². The minimum Gasteiger partial charge on any atom is -0.462 e. The summed E-state index contributed by atoms with van der Waals surface area (Å²) in [5.74, 6) is -1.38. The van der Waals surface area contributed by atoms with Crippen LogP contribution in [-0.4, -0.2) is 96.7 Å². The molecule has 0 heterocycles. The van der Waals surface area contributed by atoms with E-state index in [9.17, 15) is 43.2 Å². The van der Waals surface area contributed by atoms with Gasteiger partial charge in [0.1, 0.15) is 19.3 Å². The highest BCUT2D eigenvalue weighted by Crippen LogP contribution is 2.45. The van der Waals surface area contributed by atoms with E-state index in [0.29, 0.717) is 25.7 Å². The van der Waals surface area contributed by atoms with Crippen molar-refractivity contribution in [2.24, 2.45) is 5.92 Å². The summed E-state index contributed by atoms with van der Waals surface area (Å²) >= 11 is 0. The predicted octanol–water partition coefficient (Wildman–Crippen LogP) is 20.1. The quantitative estimate of drug-likeness (QED) is 0.0222. The van der Waals surface area contributed by atoms with E-state index in [2.05, 4.69) is 34.6 Å². The van der Waals surface area contributed by atoms with Crippen LogP contribution >= 0.6 is 15.6 Å². The Morgan fingerprint density at radius 2 is 0.517 bits per heavy atom. The van der Waals surface area contributed by atoms with Crippen molar-refractivity contribution in [1.29, 1.82) is 0 Å². The van der Waals surface area contributed by atoms with Crippen LogP contribution < -0.4 is 0 Å². The lowest BCUT2D eigenvalue weighted by Gasteiger charge is -2.21. The van der Waals surface area contributed by atoms with Gasteiger partial charge in [-0.05, 0) is 31.6 Å². The average molecular weight is 1310 g/mol. The lowest BCUT2D eigenvalue weighted by molar-refractivity contribution is -0.161. The van der Waals surface area contributed by atoms with Crippen molar-refractivity contribution in [3.05, 3.63) is 0 Å². The van der Waals surface area contributed by atoms with Crippen LogP contribution in [0.15, 0.2) is 0 Å².